The molecule has 1 aliphatic rings. The minimum absolute atomic E-state index is 0.273. The summed E-state index contributed by atoms with van der Waals surface area (Å²) in [6.07, 6.45) is 2.32. The summed E-state index contributed by atoms with van der Waals surface area (Å²) in [7, 11) is 2.15. The van der Waals surface area contributed by atoms with Crippen molar-refractivity contribution in [1.82, 2.24) is 9.88 Å². The number of aromatic carboxylic acids is 1. The van der Waals surface area contributed by atoms with Crippen molar-refractivity contribution in [3.8, 4) is 0 Å². The molecule has 2 heterocycles. The number of likely N-dealkylation sites (tertiary alicyclic amines) is 1. The van der Waals surface area contributed by atoms with Crippen LogP contribution in [-0.2, 0) is 0 Å². The van der Waals surface area contributed by atoms with E-state index < -0.39 is 5.97 Å². The molecular formula is C13H21N3O2S. The van der Waals surface area contributed by atoms with Gasteiger partial charge in [-0.1, -0.05) is 18.3 Å². The van der Waals surface area contributed by atoms with Crippen molar-refractivity contribution < 1.29 is 9.90 Å². The zero-order valence-electron chi connectivity index (χ0n) is 11.7. The van der Waals surface area contributed by atoms with Crippen molar-refractivity contribution in [2.45, 2.75) is 26.7 Å². The Bertz CT molecular complexity index is 464. The molecule has 5 nitrogen and oxygen atoms in total. The van der Waals surface area contributed by atoms with Crippen LogP contribution < -0.4 is 5.32 Å². The molecule has 1 fully saturated rings. The lowest BCUT2D eigenvalue weighted by molar-refractivity contribution is 0.0701. The van der Waals surface area contributed by atoms with E-state index in [0.29, 0.717) is 10.6 Å². The fraction of sp³-hybridized carbons (Fsp3) is 0.692. The van der Waals surface area contributed by atoms with Gasteiger partial charge in [0.25, 0.3) is 0 Å². The number of rotatable bonds is 4. The maximum absolute atomic E-state index is 11.0. The third kappa shape index (κ3) is 3.45. The number of aryl methyl sites for hydroxylation is 1. The normalized spacial score (nSPS) is 19.3. The fourth-order valence-corrected chi connectivity index (χ4v) is 3.10. The molecule has 0 spiro atoms. The number of aromatic nitrogens is 1. The average molecular weight is 283 g/mol. The molecule has 1 aromatic rings. The smallest absolute Gasteiger partial charge is 0.347 e. The third-order valence-electron chi connectivity index (χ3n) is 3.85. The van der Waals surface area contributed by atoms with E-state index in [1.807, 2.05) is 0 Å². The zero-order valence-corrected chi connectivity index (χ0v) is 12.5. The second-order valence-electron chi connectivity index (χ2n) is 5.71. The highest BCUT2D eigenvalue weighted by Gasteiger charge is 2.29. The Morgan fingerprint density at radius 1 is 1.53 bits per heavy atom. The summed E-state index contributed by atoms with van der Waals surface area (Å²) in [5, 5.41) is 13.0. The highest BCUT2D eigenvalue weighted by Crippen LogP contribution is 2.31. The maximum Gasteiger partial charge on any atom is 0.347 e. The Balaban J connectivity index is 1.95. The number of carbonyl (C=O) groups is 1. The van der Waals surface area contributed by atoms with Crippen molar-refractivity contribution in [2.75, 3.05) is 32.0 Å². The van der Waals surface area contributed by atoms with Gasteiger partial charge in [-0.05, 0) is 45.3 Å². The molecule has 2 rings (SSSR count). The highest BCUT2D eigenvalue weighted by atomic mass is 32.1. The minimum atomic E-state index is -0.895. The van der Waals surface area contributed by atoms with Gasteiger partial charge in [-0.3, -0.25) is 0 Å². The van der Waals surface area contributed by atoms with Gasteiger partial charge < -0.3 is 15.3 Å². The van der Waals surface area contributed by atoms with Crippen molar-refractivity contribution in [3.05, 3.63) is 10.6 Å². The maximum atomic E-state index is 11.0. The van der Waals surface area contributed by atoms with Crippen LogP contribution in [0.2, 0.25) is 0 Å². The first kappa shape index (κ1) is 14.3. The monoisotopic (exact) mass is 283 g/mol. The number of anilines is 1. The summed E-state index contributed by atoms with van der Waals surface area (Å²) >= 11 is 1.22. The molecule has 6 heteroatoms. The van der Waals surface area contributed by atoms with Crippen LogP contribution in [0.15, 0.2) is 0 Å². The molecule has 0 aromatic carbocycles. The van der Waals surface area contributed by atoms with Gasteiger partial charge in [0.2, 0.25) is 0 Å². The van der Waals surface area contributed by atoms with Gasteiger partial charge in [0.15, 0.2) is 5.13 Å². The van der Waals surface area contributed by atoms with E-state index in [1.165, 1.54) is 11.3 Å². The van der Waals surface area contributed by atoms with E-state index >= 15 is 0 Å². The first-order valence-corrected chi connectivity index (χ1v) is 7.34. The number of carboxylic acid groups (broad SMARTS) is 1. The van der Waals surface area contributed by atoms with Gasteiger partial charge in [0.05, 0.1) is 5.69 Å². The molecule has 0 atom stereocenters. The van der Waals surface area contributed by atoms with Crippen LogP contribution in [0.4, 0.5) is 5.13 Å². The Kier molecular flexibility index (Phi) is 4.10. The molecule has 1 aliphatic heterocycles. The second-order valence-corrected chi connectivity index (χ2v) is 6.71. The van der Waals surface area contributed by atoms with Crippen LogP contribution >= 0.6 is 11.3 Å². The predicted molar refractivity (Wildman–Crippen MR) is 77.1 cm³/mol. The van der Waals surface area contributed by atoms with Crippen LogP contribution in [-0.4, -0.2) is 47.6 Å². The van der Waals surface area contributed by atoms with E-state index in [4.69, 9.17) is 5.11 Å². The number of hydrogen-bond donors (Lipinski definition) is 2. The summed E-state index contributed by atoms with van der Waals surface area (Å²) in [6, 6.07) is 0. The standard InChI is InChI=1S/C13H21N3O2S/c1-9-10(11(17)18)19-12(15-9)14-8-13(2)4-6-16(3)7-5-13/h4-8H2,1-3H3,(H,14,15)(H,17,18). The molecule has 19 heavy (non-hydrogen) atoms. The van der Waals surface area contributed by atoms with Crippen molar-refractivity contribution >= 4 is 22.4 Å². The van der Waals surface area contributed by atoms with Gasteiger partial charge in [-0.2, -0.15) is 0 Å². The molecule has 1 aromatic heterocycles. The first-order valence-electron chi connectivity index (χ1n) is 6.53. The van der Waals surface area contributed by atoms with Gasteiger partial charge in [-0.15, -0.1) is 0 Å². The molecule has 0 aliphatic carbocycles. The fourth-order valence-electron chi connectivity index (χ4n) is 2.29. The van der Waals surface area contributed by atoms with E-state index in [-0.39, 0.29) is 5.41 Å². The minimum Gasteiger partial charge on any atom is -0.477 e. The average Bonchev–Trinajstić information content (AvgIpc) is 2.73. The number of carboxylic acids is 1. The summed E-state index contributed by atoms with van der Waals surface area (Å²) in [5.41, 5.74) is 0.865. The van der Waals surface area contributed by atoms with Gasteiger partial charge >= 0.3 is 5.97 Å². The Hall–Kier alpha value is -1.14. The molecule has 2 N–H and O–H groups in total. The number of hydrogen-bond acceptors (Lipinski definition) is 5. The van der Waals surface area contributed by atoms with Crippen molar-refractivity contribution in [3.63, 3.8) is 0 Å². The molecule has 1 saturated heterocycles. The first-order chi connectivity index (χ1) is 8.89. The van der Waals surface area contributed by atoms with E-state index in [2.05, 4.69) is 29.2 Å². The molecule has 0 saturated carbocycles. The number of thiazole rings is 1. The summed E-state index contributed by atoms with van der Waals surface area (Å²) < 4.78 is 0. The van der Waals surface area contributed by atoms with Crippen LogP contribution in [0, 0.1) is 12.3 Å². The van der Waals surface area contributed by atoms with Gasteiger partial charge in [-0.25, -0.2) is 9.78 Å². The SMILES string of the molecule is Cc1nc(NCC2(C)CCN(C)CC2)sc1C(=O)O. The van der Waals surface area contributed by atoms with Gasteiger partial charge in [0.1, 0.15) is 4.88 Å². The van der Waals surface area contributed by atoms with Crippen LogP contribution in [0.5, 0.6) is 0 Å². The Labute approximate surface area is 117 Å². The number of nitrogens with zero attached hydrogens (tertiary/aromatic N) is 2. The topological polar surface area (TPSA) is 65.5 Å². The highest BCUT2D eigenvalue weighted by molar-refractivity contribution is 7.17. The van der Waals surface area contributed by atoms with Crippen LogP contribution in [0.3, 0.4) is 0 Å². The van der Waals surface area contributed by atoms with Crippen molar-refractivity contribution in [1.29, 1.82) is 0 Å². The Morgan fingerprint density at radius 3 is 2.68 bits per heavy atom. The Morgan fingerprint density at radius 2 is 2.16 bits per heavy atom. The number of nitrogens with one attached hydrogen (secondary N) is 1. The third-order valence-corrected chi connectivity index (χ3v) is 4.95. The summed E-state index contributed by atoms with van der Waals surface area (Å²) in [5.74, 6) is -0.895. The molecule has 0 bridgehead atoms. The molecule has 0 unspecified atom stereocenters. The van der Waals surface area contributed by atoms with Gasteiger partial charge in [0, 0.05) is 6.54 Å². The largest absolute Gasteiger partial charge is 0.477 e. The predicted octanol–water partition coefficient (Wildman–Crippen LogP) is 2.29. The van der Waals surface area contributed by atoms with Crippen molar-refractivity contribution in [2.24, 2.45) is 5.41 Å². The lowest BCUT2D eigenvalue weighted by Gasteiger charge is -2.37. The molecule has 0 amide bonds. The quantitative estimate of drug-likeness (QED) is 0.887. The lowest BCUT2D eigenvalue weighted by atomic mass is 9.80. The van der Waals surface area contributed by atoms with Crippen LogP contribution in [0.25, 0.3) is 0 Å². The second kappa shape index (κ2) is 5.46. The summed E-state index contributed by atoms with van der Waals surface area (Å²) in [6.45, 7) is 7.12. The van der Waals surface area contributed by atoms with Crippen LogP contribution in [0.1, 0.15) is 35.1 Å². The number of piperidine rings is 1. The van der Waals surface area contributed by atoms with E-state index in [9.17, 15) is 4.79 Å². The van der Waals surface area contributed by atoms with E-state index in [1.54, 1.807) is 6.92 Å². The lowest BCUT2D eigenvalue weighted by Crippen LogP contribution is -2.40. The molecule has 106 valence electrons. The molecular weight excluding hydrogens is 262 g/mol. The molecule has 0 radical (unpaired) electrons. The summed E-state index contributed by atoms with van der Waals surface area (Å²) in [4.78, 5) is 17.9. The van der Waals surface area contributed by atoms with E-state index in [0.717, 1.165) is 37.6 Å². The zero-order chi connectivity index (χ0) is 14.0.